The normalized spacial score (nSPS) is 13.5. The van der Waals surface area contributed by atoms with Gasteiger partial charge in [0, 0.05) is 18.3 Å². The number of phenols is 1. The van der Waals surface area contributed by atoms with Crippen LogP contribution >= 0.6 is 0 Å². The highest BCUT2D eigenvalue weighted by Crippen LogP contribution is 2.23. The zero-order valence-electron chi connectivity index (χ0n) is 12.6. The van der Waals surface area contributed by atoms with Crippen LogP contribution in [0, 0.1) is 0 Å². The van der Waals surface area contributed by atoms with Crippen molar-refractivity contribution in [1.82, 2.24) is 14.9 Å². The van der Waals surface area contributed by atoms with E-state index in [1.165, 1.54) is 19.1 Å². The van der Waals surface area contributed by atoms with E-state index in [-0.39, 0.29) is 29.0 Å². The summed E-state index contributed by atoms with van der Waals surface area (Å²) in [5, 5.41) is 9.87. The summed E-state index contributed by atoms with van der Waals surface area (Å²) in [7, 11) is 0. The van der Waals surface area contributed by atoms with Crippen LogP contribution in [-0.2, 0) is 13.0 Å². The highest BCUT2D eigenvalue weighted by molar-refractivity contribution is 6.00. The first-order valence-corrected chi connectivity index (χ1v) is 7.19. The zero-order valence-corrected chi connectivity index (χ0v) is 12.6. The Labute approximate surface area is 132 Å². The lowest BCUT2D eigenvalue weighted by atomic mass is 10.0. The van der Waals surface area contributed by atoms with Gasteiger partial charge in [-0.05, 0) is 37.1 Å². The second-order valence-corrected chi connectivity index (χ2v) is 5.46. The van der Waals surface area contributed by atoms with Crippen molar-refractivity contribution in [2.75, 3.05) is 12.3 Å². The largest absolute Gasteiger partial charge is 0.507 e. The number of nitrogens with two attached hydrogens (primary N) is 1. The number of carbonyl (C=O) groups is 2. The minimum atomic E-state index is -0.249. The van der Waals surface area contributed by atoms with E-state index in [1.54, 1.807) is 17.2 Å². The Morgan fingerprint density at radius 2 is 2.13 bits per heavy atom. The van der Waals surface area contributed by atoms with Crippen molar-refractivity contribution in [3.8, 4) is 5.75 Å². The van der Waals surface area contributed by atoms with Crippen LogP contribution < -0.4 is 5.73 Å². The molecule has 2 heterocycles. The number of hydrogen-bond acceptors (Lipinski definition) is 6. The quantitative estimate of drug-likeness (QED) is 0.805. The number of nitrogen functional groups attached to an aromatic ring is 1. The second kappa shape index (κ2) is 5.68. The molecule has 0 radical (unpaired) electrons. The summed E-state index contributed by atoms with van der Waals surface area (Å²) in [4.78, 5) is 33.7. The minimum absolute atomic E-state index is 0.182. The van der Waals surface area contributed by atoms with Gasteiger partial charge in [0.1, 0.15) is 5.75 Å². The van der Waals surface area contributed by atoms with Crippen LogP contribution in [0.2, 0.25) is 0 Å². The van der Waals surface area contributed by atoms with Gasteiger partial charge in [-0.1, -0.05) is 0 Å². The molecule has 0 fully saturated rings. The number of amides is 1. The summed E-state index contributed by atoms with van der Waals surface area (Å²) in [6.07, 6.45) is 2.34. The third-order valence-corrected chi connectivity index (χ3v) is 3.88. The fraction of sp³-hybridized carbons (Fsp3) is 0.250. The van der Waals surface area contributed by atoms with E-state index in [0.29, 0.717) is 25.1 Å². The van der Waals surface area contributed by atoms with Crippen molar-refractivity contribution in [2.24, 2.45) is 0 Å². The number of ketones is 1. The summed E-state index contributed by atoms with van der Waals surface area (Å²) in [5.74, 6) is -0.479. The Morgan fingerprint density at radius 3 is 2.83 bits per heavy atom. The molecular weight excluding hydrogens is 296 g/mol. The molecule has 0 spiro atoms. The molecule has 0 saturated carbocycles. The van der Waals surface area contributed by atoms with Gasteiger partial charge in [0.25, 0.3) is 5.91 Å². The maximum absolute atomic E-state index is 12.6. The van der Waals surface area contributed by atoms with Crippen molar-refractivity contribution >= 4 is 17.6 Å². The molecule has 0 atom stereocenters. The van der Waals surface area contributed by atoms with Crippen LogP contribution in [0.15, 0.2) is 24.4 Å². The van der Waals surface area contributed by atoms with Crippen molar-refractivity contribution in [3.63, 3.8) is 0 Å². The molecule has 7 nitrogen and oxygen atoms in total. The molecule has 7 heteroatoms. The number of aromatic nitrogens is 2. The third-order valence-electron chi connectivity index (χ3n) is 3.88. The van der Waals surface area contributed by atoms with Gasteiger partial charge in [-0.3, -0.25) is 9.59 Å². The van der Waals surface area contributed by atoms with Crippen LogP contribution in [-0.4, -0.2) is 38.2 Å². The van der Waals surface area contributed by atoms with Gasteiger partial charge in [-0.15, -0.1) is 0 Å². The van der Waals surface area contributed by atoms with Crippen LogP contribution in [0.1, 0.15) is 38.9 Å². The van der Waals surface area contributed by atoms with Gasteiger partial charge >= 0.3 is 0 Å². The standard InChI is InChI=1S/C16H16N4O3/c1-9(21)12-3-2-10(6-14(12)22)15(23)20-5-4-11-7-18-16(17)19-13(11)8-20/h2-3,6-7,22H,4-5,8H2,1H3,(H2,17,18,19). The van der Waals surface area contributed by atoms with Crippen molar-refractivity contribution in [3.05, 3.63) is 46.8 Å². The molecule has 1 aliphatic rings. The zero-order chi connectivity index (χ0) is 16.6. The monoisotopic (exact) mass is 312 g/mol. The van der Waals surface area contributed by atoms with Crippen molar-refractivity contribution in [2.45, 2.75) is 19.9 Å². The predicted molar refractivity (Wildman–Crippen MR) is 83.0 cm³/mol. The number of hydrogen-bond donors (Lipinski definition) is 2. The molecule has 0 unspecified atom stereocenters. The van der Waals surface area contributed by atoms with Crippen molar-refractivity contribution in [1.29, 1.82) is 0 Å². The summed E-state index contributed by atoms with van der Waals surface area (Å²) >= 11 is 0. The summed E-state index contributed by atoms with van der Waals surface area (Å²) in [6.45, 7) is 2.24. The highest BCUT2D eigenvalue weighted by atomic mass is 16.3. The third kappa shape index (κ3) is 2.85. The number of nitrogens with zero attached hydrogens (tertiary/aromatic N) is 3. The van der Waals surface area contributed by atoms with Gasteiger partial charge in [0.2, 0.25) is 5.95 Å². The fourth-order valence-corrected chi connectivity index (χ4v) is 2.64. The molecular formula is C16H16N4O3. The van der Waals surface area contributed by atoms with Gasteiger partial charge in [0.05, 0.1) is 17.8 Å². The minimum Gasteiger partial charge on any atom is -0.507 e. The van der Waals surface area contributed by atoms with E-state index in [0.717, 1.165) is 11.3 Å². The van der Waals surface area contributed by atoms with Crippen molar-refractivity contribution < 1.29 is 14.7 Å². The molecule has 0 aliphatic carbocycles. The number of carbonyl (C=O) groups excluding carboxylic acids is 2. The Kier molecular flexibility index (Phi) is 3.69. The molecule has 118 valence electrons. The molecule has 1 aromatic carbocycles. The molecule has 3 N–H and O–H groups in total. The number of rotatable bonds is 2. The lowest BCUT2D eigenvalue weighted by molar-refractivity contribution is 0.0730. The first kappa shape index (κ1) is 15.0. The lowest BCUT2D eigenvalue weighted by Gasteiger charge is -2.28. The molecule has 3 rings (SSSR count). The topological polar surface area (TPSA) is 109 Å². The van der Waals surface area contributed by atoms with E-state index in [1.807, 2.05) is 0 Å². The second-order valence-electron chi connectivity index (χ2n) is 5.46. The van der Waals surface area contributed by atoms with Gasteiger partial charge in [-0.2, -0.15) is 0 Å². The highest BCUT2D eigenvalue weighted by Gasteiger charge is 2.24. The Morgan fingerprint density at radius 1 is 1.35 bits per heavy atom. The van der Waals surface area contributed by atoms with Crippen LogP contribution in [0.4, 0.5) is 5.95 Å². The van der Waals surface area contributed by atoms with Crippen LogP contribution in [0.3, 0.4) is 0 Å². The van der Waals surface area contributed by atoms with Gasteiger partial charge in [0.15, 0.2) is 5.78 Å². The van der Waals surface area contributed by atoms with E-state index in [2.05, 4.69) is 9.97 Å². The average Bonchev–Trinajstić information content (AvgIpc) is 2.53. The lowest BCUT2D eigenvalue weighted by Crippen LogP contribution is -2.36. The van der Waals surface area contributed by atoms with E-state index in [4.69, 9.17) is 5.73 Å². The molecule has 0 saturated heterocycles. The molecule has 0 bridgehead atoms. The number of fused-ring (bicyclic) bond motifs is 1. The van der Waals surface area contributed by atoms with Crippen LogP contribution in [0.25, 0.3) is 0 Å². The molecule has 23 heavy (non-hydrogen) atoms. The number of phenolic OH excluding ortho intramolecular Hbond substituents is 1. The number of aromatic hydroxyl groups is 1. The summed E-state index contributed by atoms with van der Waals surface area (Å²) in [6, 6.07) is 4.33. The number of Topliss-reactive ketones (excluding diaryl/α,β-unsaturated/α-hetero) is 1. The Hall–Kier alpha value is -2.96. The Bertz CT molecular complexity index is 804. The van der Waals surface area contributed by atoms with Crippen LogP contribution in [0.5, 0.6) is 5.75 Å². The van der Waals surface area contributed by atoms with E-state index in [9.17, 15) is 14.7 Å². The molecule has 1 aromatic heterocycles. The maximum atomic E-state index is 12.6. The van der Waals surface area contributed by atoms with Gasteiger partial charge < -0.3 is 15.7 Å². The average molecular weight is 312 g/mol. The summed E-state index contributed by atoms with van der Waals surface area (Å²) < 4.78 is 0. The van der Waals surface area contributed by atoms with E-state index < -0.39 is 0 Å². The number of benzene rings is 1. The Balaban J connectivity index is 1.84. The van der Waals surface area contributed by atoms with Gasteiger partial charge in [-0.25, -0.2) is 9.97 Å². The fourth-order valence-electron chi connectivity index (χ4n) is 2.64. The maximum Gasteiger partial charge on any atom is 0.254 e. The van der Waals surface area contributed by atoms with E-state index >= 15 is 0 Å². The number of anilines is 1. The first-order valence-electron chi connectivity index (χ1n) is 7.19. The predicted octanol–water partition coefficient (Wildman–Crippen LogP) is 1.17. The smallest absolute Gasteiger partial charge is 0.254 e. The summed E-state index contributed by atoms with van der Waals surface area (Å²) in [5.41, 5.74) is 7.84. The molecule has 1 amide bonds. The SMILES string of the molecule is CC(=O)c1ccc(C(=O)N2CCc3cnc(N)nc3C2)cc1O. The first-order chi connectivity index (χ1) is 11.0. The molecule has 1 aliphatic heterocycles. The molecule has 2 aromatic rings.